The molecule has 0 saturated carbocycles. The number of anilines is 1. The number of benzene rings is 1. The quantitative estimate of drug-likeness (QED) is 0.866. The summed E-state index contributed by atoms with van der Waals surface area (Å²) in [4.78, 5) is 13.2. The largest absolute Gasteiger partial charge is 0.496 e. The summed E-state index contributed by atoms with van der Waals surface area (Å²) in [6.07, 6.45) is 5.25. The molecule has 1 fully saturated rings. The number of aromatic nitrogens is 2. The second kappa shape index (κ2) is 6.94. The maximum absolute atomic E-state index is 6.10. The SMILES string of the molecule is COc1ccc(Cl)cc1CN1CCN(c2cnccn2)CC1. The molecular formula is C16H19ClN4O. The van der Waals surface area contributed by atoms with E-state index in [1.54, 1.807) is 19.5 Å². The summed E-state index contributed by atoms with van der Waals surface area (Å²) in [6, 6.07) is 5.76. The van der Waals surface area contributed by atoms with E-state index in [1.807, 2.05) is 24.4 Å². The molecule has 1 aromatic heterocycles. The molecule has 0 aliphatic carbocycles. The van der Waals surface area contributed by atoms with Crippen molar-refractivity contribution in [1.29, 1.82) is 0 Å². The molecule has 5 nitrogen and oxygen atoms in total. The lowest BCUT2D eigenvalue weighted by Crippen LogP contribution is -2.46. The number of hydrogen-bond donors (Lipinski definition) is 0. The van der Waals surface area contributed by atoms with E-state index in [1.165, 1.54) is 0 Å². The van der Waals surface area contributed by atoms with E-state index in [4.69, 9.17) is 16.3 Å². The van der Waals surface area contributed by atoms with Gasteiger partial charge in [-0.15, -0.1) is 0 Å². The summed E-state index contributed by atoms with van der Waals surface area (Å²) < 4.78 is 5.42. The van der Waals surface area contributed by atoms with Crippen LogP contribution < -0.4 is 9.64 Å². The predicted octanol–water partition coefficient (Wildman–Crippen LogP) is 2.46. The van der Waals surface area contributed by atoms with Gasteiger partial charge in [-0.1, -0.05) is 11.6 Å². The Morgan fingerprint density at radius 3 is 2.68 bits per heavy atom. The van der Waals surface area contributed by atoms with Crippen LogP contribution in [0.15, 0.2) is 36.8 Å². The molecular weight excluding hydrogens is 300 g/mol. The van der Waals surface area contributed by atoms with Gasteiger partial charge in [-0.25, -0.2) is 4.98 Å². The highest BCUT2D eigenvalue weighted by molar-refractivity contribution is 6.30. The molecule has 0 spiro atoms. The second-order valence-corrected chi connectivity index (χ2v) is 5.72. The van der Waals surface area contributed by atoms with E-state index in [2.05, 4.69) is 19.8 Å². The van der Waals surface area contributed by atoms with E-state index in [-0.39, 0.29) is 0 Å². The van der Waals surface area contributed by atoms with Gasteiger partial charge >= 0.3 is 0 Å². The van der Waals surface area contributed by atoms with Gasteiger partial charge in [-0.3, -0.25) is 9.88 Å². The van der Waals surface area contributed by atoms with Crippen LogP contribution in [0.2, 0.25) is 5.02 Å². The van der Waals surface area contributed by atoms with Gasteiger partial charge in [0.15, 0.2) is 0 Å². The van der Waals surface area contributed by atoms with Crippen molar-refractivity contribution in [2.45, 2.75) is 6.54 Å². The first-order valence-electron chi connectivity index (χ1n) is 7.32. The van der Waals surface area contributed by atoms with Crippen LogP contribution in [0.1, 0.15) is 5.56 Å². The Labute approximate surface area is 135 Å². The van der Waals surface area contributed by atoms with E-state index in [9.17, 15) is 0 Å². The normalized spacial score (nSPS) is 15.8. The summed E-state index contributed by atoms with van der Waals surface area (Å²) in [5.74, 6) is 1.84. The molecule has 0 amide bonds. The number of ether oxygens (including phenoxy) is 1. The lowest BCUT2D eigenvalue weighted by molar-refractivity contribution is 0.245. The number of piperazine rings is 1. The van der Waals surface area contributed by atoms with Crippen LogP contribution >= 0.6 is 11.6 Å². The maximum Gasteiger partial charge on any atom is 0.147 e. The summed E-state index contributed by atoms with van der Waals surface area (Å²) in [5, 5.41) is 0.744. The minimum atomic E-state index is 0.744. The van der Waals surface area contributed by atoms with Crippen molar-refractivity contribution >= 4 is 17.4 Å². The average Bonchev–Trinajstić information content (AvgIpc) is 2.57. The zero-order valence-electron chi connectivity index (χ0n) is 12.6. The van der Waals surface area contributed by atoms with E-state index < -0.39 is 0 Å². The van der Waals surface area contributed by atoms with Gasteiger partial charge in [-0.05, 0) is 18.2 Å². The van der Waals surface area contributed by atoms with E-state index >= 15 is 0 Å². The van der Waals surface area contributed by atoms with Crippen LogP contribution in [-0.4, -0.2) is 48.2 Å². The molecule has 22 heavy (non-hydrogen) atoms. The summed E-state index contributed by atoms with van der Waals surface area (Å²) in [6.45, 7) is 4.69. The smallest absolute Gasteiger partial charge is 0.147 e. The number of nitrogens with zero attached hydrogens (tertiary/aromatic N) is 4. The Balaban J connectivity index is 1.62. The molecule has 1 saturated heterocycles. The molecule has 0 atom stereocenters. The van der Waals surface area contributed by atoms with Gasteiger partial charge in [-0.2, -0.15) is 0 Å². The lowest BCUT2D eigenvalue weighted by Gasteiger charge is -2.35. The third-order valence-corrected chi connectivity index (χ3v) is 4.12. The highest BCUT2D eigenvalue weighted by Gasteiger charge is 2.19. The zero-order chi connectivity index (χ0) is 15.4. The number of hydrogen-bond acceptors (Lipinski definition) is 5. The van der Waals surface area contributed by atoms with Crippen LogP contribution in [-0.2, 0) is 6.54 Å². The monoisotopic (exact) mass is 318 g/mol. The molecule has 0 radical (unpaired) electrons. The van der Waals surface area contributed by atoms with Crippen molar-refractivity contribution < 1.29 is 4.74 Å². The van der Waals surface area contributed by atoms with Crippen LogP contribution in [0, 0.1) is 0 Å². The van der Waals surface area contributed by atoms with Gasteiger partial charge in [0.2, 0.25) is 0 Å². The number of rotatable bonds is 4. The molecule has 116 valence electrons. The van der Waals surface area contributed by atoms with Crippen molar-refractivity contribution in [2.24, 2.45) is 0 Å². The lowest BCUT2D eigenvalue weighted by atomic mass is 10.1. The molecule has 1 aromatic carbocycles. The molecule has 3 rings (SSSR count). The van der Waals surface area contributed by atoms with Gasteiger partial charge < -0.3 is 9.64 Å². The van der Waals surface area contributed by atoms with Crippen molar-refractivity contribution in [3.05, 3.63) is 47.4 Å². The second-order valence-electron chi connectivity index (χ2n) is 5.28. The van der Waals surface area contributed by atoms with Gasteiger partial charge in [0.1, 0.15) is 11.6 Å². The molecule has 2 aromatic rings. The Morgan fingerprint density at radius 1 is 1.18 bits per heavy atom. The highest BCUT2D eigenvalue weighted by atomic mass is 35.5. The van der Waals surface area contributed by atoms with E-state index in [0.717, 1.165) is 54.9 Å². The molecule has 0 N–H and O–H groups in total. The van der Waals surface area contributed by atoms with Crippen LogP contribution in [0.5, 0.6) is 5.75 Å². The Kier molecular flexibility index (Phi) is 4.75. The molecule has 0 unspecified atom stereocenters. The number of methoxy groups -OCH3 is 1. The van der Waals surface area contributed by atoms with Crippen LogP contribution in [0.4, 0.5) is 5.82 Å². The summed E-state index contributed by atoms with van der Waals surface area (Å²) >= 11 is 6.10. The van der Waals surface area contributed by atoms with Crippen molar-refractivity contribution in [1.82, 2.24) is 14.9 Å². The summed E-state index contributed by atoms with van der Waals surface area (Å²) in [5.41, 5.74) is 1.13. The fourth-order valence-electron chi connectivity index (χ4n) is 2.70. The van der Waals surface area contributed by atoms with Gasteiger partial charge in [0, 0.05) is 55.7 Å². The Morgan fingerprint density at radius 2 is 2.00 bits per heavy atom. The minimum Gasteiger partial charge on any atom is -0.496 e. The van der Waals surface area contributed by atoms with Crippen molar-refractivity contribution in [3.63, 3.8) is 0 Å². The first-order valence-corrected chi connectivity index (χ1v) is 7.70. The standard InChI is InChI=1S/C16H19ClN4O/c1-22-15-3-2-14(17)10-13(15)12-20-6-8-21(9-7-20)16-11-18-4-5-19-16/h2-5,10-11H,6-9,12H2,1H3. The average molecular weight is 319 g/mol. The minimum absolute atomic E-state index is 0.744. The first kappa shape index (κ1) is 15.1. The van der Waals surface area contributed by atoms with Crippen molar-refractivity contribution in [3.8, 4) is 5.75 Å². The molecule has 0 bridgehead atoms. The third-order valence-electron chi connectivity index (χ3n) is 3.88. The zero-order valence-corrected chi connectivity index (χ0v) is 13.3. The fraction of sp³-hybridized carbons (Fsp3) is 0.375. The fourth-order valence-corrected chi connectivity index (χ4v) is 2.90. The topological polar surface area (TPSA) is 41.5 Å². The van der Waals surface area contributed by atoms with E-state index in [0.29, 0.717) is 0 Å². The Bertz CT molecular complexity index is 615. The maximum atomic E-state index is 6.10. The molecule has 1 aliphatic heterocycles. The molecule has 6 heteroatoms. The first-order chi connectivity index (χ1) is 10.8. The predicted molar refractivity (Wildman–Crippen MR) is 87.5 cm³/mol. The highest BCUT2D eigenvalue weighted by Crippen LogP contribution is 2.24. The third kappa shape index (κ3) is 3.48. The van der Waals surface area contributed by atoms with Gasteiger partial charge in [0.25, 0.3) is 0 Å². The van der Waals surface area contributed by atoms with Crippen LogP contribution in [0.3, 0.4) is 0 Å². The summed E-state index contributed by atoms with van der Waals surface area (Å²) in [7, 11) is 1.69. The number of halogens is 1. The molecule has 2 heterocycles. The van der Waals surface area contributed by atoms with Crippen molar-refractivity contribution in [2.75, 3.05) is 38.2 Å². The van der Waals surface area contributed by atoms with Gasteiger partial charge in [0.05, 0.1) is 13.3 Å². The Hall–Kier alpha value is -1.85. The molecule has 1 aliphatic rings. The van der Waals surface area contributed by atoms with Crippen LogP contribution in [0.25, 0.3) is 0 Å².